The van der Waals surface area contributed by atoms with E-state index in [2.05, 4.69) is 44.5 Å². The highest BCUT2D eigenvalue weighted by Gasteiger charge is 2.57. The summed E-state index contributed by atoms with van der Waals surface area (Å²) in [5, 5.41) is 3.37. The van der Waals surface area contributed by atoms with Gasteiger partial charge in [-0.1, -0.05) is 43.2 Å². The summed E-state index contributed by atoms with van der Waals surface area (Å²) in [5.74, 6) is 0.958. The van der Waals surface area contributed by atoms with Gasteiger partial charge in [0.2, 0.25) is 10.0 Å². The van der Waals surface area contributed by atoms with Gasteiger partial charge in [-0.05, 0) is 70.0 Å². The number of likely N-dealkylation sites (tertiary alicyclic amines) is 1. The third-order valence-electron chi connectivity index (χ3n) is 10.5. The van der Waals surface area contributed by atoms with Crippen molar-refractivity contribution in [2.45, 2.75) is 80.7 Å². The molecule has 4 heterocycles. The number of nitrogens with zero attached hydrogens (tertiary/aromatic N) is 4. The minimum absolute atomic E-state index is 0.189. The van der Waals surface area contributed by atoms with Crippen molar-refractivity contribution < 1.29 is 13.2 Å². The fourth-order valence-electron chi connectivity index (χ4n) is 8.16. The van der Waals surface area contributed by atoms with Crippen LogP contribution in [0.2, 0.25) is 0 Å². The van der Waals surface area contributed by atoms with Crippen LogP contribution in [-0.2, 0) is 20.2 Å². The minimum Gasteiger partial charge on any atom is -0.316 e. The van der Waals surface area contributed by atoms with Crippen LogP contribution in [0.25, 0.3) is 0 Å². The van der Waals surface area contributed by atoms with E-state index in [9.17, 15) is 13.2 Å². The normalized spacial score (nSPS) is 35.7. The van der Waals surface area contributed by atoms with Crippen LogP contribution in [0.3, 0.4) is 0 Å². The van der Waals surface area contributed by atoms with Gasteiger partial charge in [-0.3, -0.25) is 9.89 Å². The van der Waals surface area contributed by atoms with Crippen molar-refractivity contribution in [1.29, 1.82) is 0 Å². The number of rotatable bonds is 8. The molecular weight excluding hydrogens is 498 g/mol. The molecule has 3 saturated heterocycles. The molecule has 0 spiro atoms. The van der Waals surface area contributed by atoms with E-state index in [0.717, 1.165) is 70.2 Å². The molecule has 206 valence electrons. The summed E-state index contributed by atoms with van der Waals surface area (Å²) in [6.07, 6.45) is 8.08. The summed E-state index contributed by atoms with van der Waals surface area (Å²) in [5.41, 5.74) is 1.03. The summed E-state index contributed by atoms with van der Waals surface area (Å²) in [6.45, 7) is 7.86. The topological polar surface area (TPSA) is 94.4 Å². The monoisotopic (exact) mass is 539 g/mol. The van der Waals surface area contributed by atoms with Gasteiger partial charge in [0.1, 0.15) is 18.2 Å². The standard InChI is InChI=1S/C29H41N5O3S/c1-21-29(19-35,22(2)32-20-31-21)34-16-23-14-30-15-26(23)27(34)12-13-28(24-8-4-3-5-9-24)17-33(18-28)38(36,37)25-10-6-7-11-25/h3-5,8-9,19-21,23,25-27,30H,6-7,10-18H2,1-2H3. The van der Waals surface area contributed by atoms with Crippen molar-refractivity contribution in [2.24, 2.45) is 21.8 Å². The largest absolute Gasteiger partial charge is 0.316 e. The maximum Gasteiger partial charge on any atom is 0.217 e. The number of carbonyl (C=O) groups is 1. The fourth-order valence-corrected chi connectivity index (χ4v) is 10.4. The highest BCUT2D eigenvalue weighted by atomic mass is 32.2. The lowest BCUT2D eigenvalue weighted by molar-refractivity contribution is -0.116. The molecule has 0 radical (unpaired) electrons. The molecule has 0 amide bonds. The van der Waals surface area contributed by atoms with E-state index in [1.807, 2.05) is 19.9 Å². The fraction of sp³-hybridized carbons (Fsp3) is 0.690. The molecule has 1 aromatic carbocycles. The first kappa shape index (κ1) is 26.3. The van der Waals surface area contributed by atoms with Crippen LogP contribution in [0.4, 0.5) is 0 Å². The van der Waals surface area contributed by atoms with E-state index >= 15 is 0 Å². The molecule has 8 nitrogen and oxygen atoms in total. The Kier molecular flexibility index (Phi) is 6.86. The third kappa shape index (κ3) is 4.03. The molecule has 0 aromatic heterocycles. The van der Waals surface area contributed by atoms with Crippen LogP contribution in [0.15, 0.2) is 40.3 Å². The van der Waals surface area contributed by atoms with Crippen LogP contribution in [0.5, 0.6) is 0 Å². The van der Waals surface area contributed by atoms with Crippen LogP contribution in [-0.4, -0.2) is 91.6 Å². The number of nitrogens with one attached hydrogen (secondary N) is 1. The first-order valence-electron chi connectivity index (χ1n) is 14.4. The molecule has 5 unspecified atom stereocenters. The van der Waals surface area contributed by atoms with Crippen molar-refractivity contribution >= 4 is 28.4 Å². The Morgan fingerprint density at radius 1 is 1.13 bits per heavy atom. The number of hydrogen-bond donors (Lipinski definition) is 1. The zero-order valence-electron chi connectivity index (χ0n) is 22.6. The summed E-state index contributed by atoms with van der Waals surface area (Å²) in [7, 11) is -3.25. The SMILES string of the molecule is CC1=NC=NC(C)C1(C=O)N1CC2CNCC2C1CCC1(c2ccccc2)CN(S(=O)(=O)C2CCCC2)C1. The summed E-state index contributed by atoms with van der Waals surface area (Å²) < 4.78 is 28.6. The van der Waals surface area contributed by atoms with E-state index in [1.54, 1.807) is 10.6 Å². The van der Waals surface area contributed by atoms with Gasteiger partial charge in [-0.2, -0.15) is 4.31 Å². The molecule has 38 heavy (non-hydrogen) atoms. The zero-order valence-corrected chi connectivity index (χ0v) is 23.4. The van der Waals surface area contributed by atoms with Crippen molar-refractivity contribution in [2.75, 3.05) is 32.7 Å². The Morgan fingerprint density at radius 2 is 1.87 bits per heavy atom. The lowest BCUT2D eigenvalue weighted by Gasteiger charge is -2.52. The van der Waals surface area contributed by atoms with Gasteiger partial charge in [-0.15, -0.1) is 0 Å². The number of fused-ring (bicyclic) bond motifs is 1. The maximum absolute atomic E-state index is 13.4. The average Bonchev–Trinajstić information content (AvgIpc) is 3.64. The molecule has 5 atom stereocenters. The first-order valence-corrected chi connectivity index (χ1v) is 15.9. The van der Waals surface area contributed by atoms with Crippen molar-refractivity contribution in [3.63, 3.8) is 0 Å². The van der Waals surface area contributed by atoms with Gasteiger partial charge >= 0.3 is 0 Å². The smallest absolute Gasteiger partial charge is 0.217 e. The van der Waals surface area contributed by atoms with E-state index in [1.165, 1.54) is 5.56 Å². The van der Waals surface area contributed by atoms with Gasteiger partial charge in [0.25, 0.3) is 0 Å². The zero-order chi connectivity index (χ0) is 26.5. The Morgan fingerprint density at radius 3 is 2.55 bits per heavy atom. The molecule has 4 fully saturated rings. The van der Waals surface area contributed by atoms with E-state index in [4.69, 9.17) is 0 Å². The first-order chi connectivity index (χ1) is 18.3. The van der Waals surface area contributed by atoms with Gasteiger partial charge in [-0.25, -0.2) is 13.4 Å². The second-order valence-electron chi connectivity index (χ2n) is 12.3. The molecule has 6 rings (SSSR count). The lowest BCUT2D eigenvalue weighted by Crippen LogP contribution is -2.65. The quantitative estimate of drug-likeness (QED) is 0.513. The summed E-state index contributed by atoms with van der Waals surface area (Å²) in [4.78, 5) is 24.3. The predicted molar refractivity (Wildman–Crippen MR) is 150 cm³/mol. The van der Waals surface area contributed by atoms with Crippen LogP contribution in [0, 0.1) is 11.8 Å². The summed E-state index contributed by atoms with van der Waals surface area (Å²) >= 11 is 0. The highest BCUT2D eigenvalue weighted by Crippen LogP contribution is 2.47. The Hall–Kier alpha value is -1.94. The van der Waals surface area contributed by atoms with Gasteiger partial charge < -0.3 is 10.1 Å². The van der Waals surface area contributed by atoms with Gasteiger partial charge in [0.05, 0.1) is 11.3 Å². The van der Waals surface area contributed by atoms with Crippen LogP contribution >= 0.6 is 0 Å². The van der Waals surface area contributed by atoms with E-state index in [0.29, 0.717) is 24.9 Å². The van der Waals surface area contributed by atoms with Crippen molar-refractivity contribution in [1.82, 2.24) is 14.5 Å². The number of benzene rings is 1. The Bertz CT molecular complexity index is 1210. The van der Waals surface area contributed by atoms with Crippen molar-refractivity contribution in [3.05, 3.63) is 35.9 Å². The van der Waals surface area contributed by atoms with E-state index in [-0.39, 0.29) is 22.7 Å². The van der Waals surface area contributed by atoms with Crippen LogP contribution in [0.1, 0.15) is 57.9 Å². The second-order valence-corrected chi connectivity index (χ2v) is 14.5. The number of aliphatic imine (C=N–C) groups is 2. The molecule has 1 N–H and O–H groups in total. The Labute approximate surface area is 227 Å². The molecule has 1 aliphatic carbocycles. The highest BCUT2D eigenvalue weighted by molar-refractivity contribution is 7.89. The molecule has 4 aliphatic heterocycles. The molecule has 5 aliphatic rings. The molecular formula is C29H41N5O3S. The maximum atomic E-state index is 13.4. The Balaban J connectivity index is 1.27. The average molecular weight is 540 g/mol. The van der Waals surface area contributed by atoms with Gasteiger partial charge in [0.15, 0.2) is 0 Å². The van der Waals surface area contributed by atoms with E-state index < -0.39 is 15.6 Å². The number of hydrogen-bond acceptors (Lipinski definition) is 7. The molecule has 1 saturated carbocycles. The third-order valence-corrected chi connectivity index (χ3v) is 12.8. The van der Waals surface area contributed by atoms with Crippen molar-refractivity contribution in [3.8, 4) is 0 Å². The molecule has 1 aromatic rings. The van der Waals surface area contributed by atoms with Gasteiger partial charge in [0, 0.05) is 36.8 Å². The summed E-state index contributed by atoms with van der Waals surface area (Å²) in [6, 6.07) is 10.5. The minimum atomic E-state index is -3.25. The second kappa shape index (κ2) is 9.91. The predicted octanol–water partition coefficient (Wildman–Crippen LogP) is 2.64. The molecule has 0 bridgehead atoms. The number of sulfonamides is 1. The number of carbonyl (C=O) groups excluding carboxylic acids is 1. The lowest BCUT2D eigenvalue weighted by atomic mass is 9.70. The van der Waals surface area contributed by atoms with Crippen LogP contribution < -0.4 is 5.32 Å². The number of aldehydes is 1. The molecule has 9 heteroatoms.